The van der Waals surface area contributed by atoms with Crippen LogP contribution in [0.4, 0.5) is 13.2 Å². The van der Waals surface area contributed by atoms with Crippen molar-refractivity contribution >= 4 is 17.3 Å². The van der Waals surface area contributed by atoms with E-state index in [1.807, 2.05) is 0 Å². The Hall–Kier alpha value is -1.39. The molecule has 1 unspecified atom stereocenters. The van der Waals surface area contributed by atoms with E-state index in [0.29, 0.717) is 17.0 Å². The van der Waals surface area contributed by atoms with Crippen molar-refractivity contribution in [3.63, 3.8) is 0 Å². The number of piperazine rings is 1. The van der Waals surface area contributed by atoms with Crippen molar-refractivity contribution in [2.24, 2.45) is 4.99 Å². The van der Waals surface area contributed by atoms with E-state index in [4.69, 9.17) is 0 Å². The molecule has 0 bridgehead atoms. The fourth-order valence-electron chi connectivity index (χ4n) is 2.80. The van der Waals surface area contributed by atoms with Crippen LogP contribution in [0.25, 0.3) is 0 Å². The maximum absolute atomic E-state index is 12.6. The summed E-state index contributed by atoms with van der Waals surface area (Å²) in [6.45, 7) is 10.6. The Balaban J connectivity index is 1.75. The van der Waals surface area contributed by atoms with Crippen LogP contribution < -0.4 is 10.6 Å². The average Bonchev–Trinajstić information content (AvgIpc) is 3.11. The van der Waals surface area contributed by atoms with Gasteiger partial charge in [0.25, 0.3) is 0 Å². The van der Waals surface area contributed by atoms with Crippen molar-refractivity contribution in [1.82, 2.24) is 25.4 Å². The van der Waals surface area contributed by atoms with Gasteiger partial charge in [-0.15, -0.1) is 11.3 Å². The van der Waals surface area contributed by atoms with Crippen LogP contribution in [0.3, 0.4) is 0 Å². The number of guanidine groups is 1. The molecule has 0 radical (unpaired) electrons. The van der Waals surface area contributed by atoms with Gasteiger partial charge < -0.3 is 15.5 Å². The largest absolute Gasteiger partial charge is 0.434 e. The molecule has 1 saturated heterocycles. The Morgan fingerprint density at radius 3 is 2.54 bits per heavy atom. The van der Waals surface area contributed by atoms with E-state index in [1.165, 1.54) is 0 Å². The number of nitrogens with one attached hydrogen (secondary N) is 2. The number of hydrogen-bond donors (Lipinski definition) is 2. The zero-order chi connectivity index (χ0) is 19.2. The van der Waals surface area contributed by atoms with Crippen LogP contribution in [-0.4, -0.2) is 73.1 Å². The molecule has 1 aromatic rings. The first-order valence-corrected chi connectivity index (χ1v) is 9.64. The molecule has 1 fully saturated rings. The van der Waals surface area contributed by atoms with E-state index in [0.717, 1.165) is 56.0 Å². The van der Waals surface area contributed by atoms with Gasteiger partial charge in [-0.2, -0.15) is 13.2 Å². The third-order valence-corrected chi connectivity index (χ3v) is 5.36. The van der Waals surface area contributed by atoms with Gasteiger partial charge in [-0.3, -0.25) is 9.89 Å². The van der Waals surface area contributed by atoms with Gasteiger partial charge in [0.1, 0.15) is 5.01 Å². The first-order valence-electron chi connectivity index (χ1n) is 8.76. The minimum Gasteiger partial charge on any atom is -0.355 e. The number of rotatable bonds is 6. The molecule has 10 heteroatoms. The van der Waals surface area contributed by atoms with Gasteiger partial charge >= 0.3 is 6.18 Å². The highest BCUT2D eigenvalue weighted by Crippen LogP contribution is 2.29. The normalized spacial score (nSPS) is 18.8. The Morgan fingerprint density at radius 1 is 1.31 bits per heavy atom. The highest BCUT2D eigenvalue weighted by Gasteiger charge is 2.33. The maximum atomic E-state index is 12.6. The summed E-state index contributed by atoms with van der Waals surface area (Å²) >= 11 is 0.989. The van der Waals surface area contributed by atoms with Crippen molar-refractivity contribution in [3.8, 4) is 0 Å². The van der Waals surface area contributed by atoms with E-state index >= 15 is 0 Å². The zero-order valence-electron chi connectivity index (χ0n) is 15.4. The molecule has 0 aliphatic carbocycles. The Morgan fingerprint density at radius 2 is 2.00 bits per heavy atom. The van der Waals surface area contributed by atoms with Crippen molar-refractivity contribution in [3.05, 3.63) is 16.1 Å². The van der Waals surface area contributed by atoms with Crippen molar-refractivity contribution < 1.29 is 13.2 Å². The van der Waals surface area contributed by atoms with Crippen LogP contribution in [0.1, 0.15) is 24.5 Å². The molecular formula is C16H27F3N6S. The van der Waals surface area contributed by atoms with E-state index in [9.17, 15) is 13.2 Å². The highest BCUT2D eigenvalue weighted by molar-refractivity contribution is 7.09. The fourth-order valence-corrected chi connectivity index (χ4v) is 3.54. The summed E-state index contributed by atoms with van der Waals surface area (Å²) in [5, 5.41) is 7.67. The second-order valence-electron chi connectivity index (χ2n) is 6.25. The molecule has 0 aromatic carbocycles. The summed E-state index contributed by atoms with van der Waals surface area (Å²) in [5.41, 5.74) is -0.845. The van der Waals surface area contributed by atoms with E-state index in [1.54, 1.807) is 7.05 Å². The number of thiazole rings is 1. The van der Waals surface area contributed by atoms with E-state index in [-0.39, 0.29) is 6.54 Å². The van der Waals surface area contributed by atoms with Crippen molar-refractivity contribution in [2.75, 3.05) is 46.3 Å². The topological polar surface area (TPSA) is 55.8 Å². The number of aliphatic imine (C=N–C) groups is 1. The Labute approximate surface area is 156 Å². The van der Waals surface area contributed by atoms with Gasteiger partial charge in [0.15, 0.2) is 11.7 Å². The van der Waals surface area contributed by atoms with E-state index in [2.05, 4.69) is 44.3 Å². The predicted molar refractivity (Wildman–Crippen MR) is 98.5 cm³/mol. The first-order chi connectivity index (χ1) is 12.3. The maximum Gasteiger partial charge on any atom is 0.434 e. The van der Waals surface area contributed by atoms with Crippen molar-refractivity contribution in [1.29, 1.82) is 0 Å². The average molecular weight is 392 g/mol. The van der Waals surface area contributed by atoms with Crippen LogP contribution in [-0.2, 0) is 12.7 Å². The van der Waals surface area contributed by atoms with Gasteiger partial charge in [-0.1, -0.05) is 6.92 Å². The van der Waals surface area contributed by atoms with Crippen LogP contribution in [0, 0.1) is 0 Å². The standard InChI is InChI=1S/C16H27F3N6S/c1-4-24-5-7-25(8-6-24)12(2)9-21-15(20-3)22-10-14-23-13(11-26-14)16(17,18)19/h11-12H,4-10H2,1-3H3,(H2,20,21,22). The highest BCUT2D eigenvalue weighted by atomic mass is 32.1. The van der Waals surface area contributed by atoms with Crippen LogP contribution in [0.2, 0.25) is 0 Å². The third kappa shape index (κ3) is 6.10. The van der Waals surface area contributed by atoms with Gasteiger partial charge in [0, 0.05) is 51.2 Å². The Bertz CT molecular complexity index is 581. The summed E-state index contributed by atoms with van der Waals surface area (Å²) < 4.78 is 37.7. The molecule has 26 heavy (non-hydrogen) atoms. The van der Waals surface area contributed by atoms with Crippen LogP contribution in [0.5, 0.6) is 0 Å². The molecule has 0 amide bonds. The summed E-state index contributed by atoms with van der Waals surface area (Å²) in [6.07, 6.45) is -4.40. The van der Waals surface area contributed by atoms with Gasteiger partial charge in [-0.25, -0.2) is 4.98 Å². The number of halogens is 3. The molecule has 1 aromatic heterocycles. The molecule has 2 rings (SSSR count). The smallest absolute Gasteiger partial charge is 0.355 e. The number of alkyl halides is 3. The lowest BCUT2D eigenvalue weighted by molar-refractivity contribution is -0.140. The quantitative estimate of drug-likeness (QED) is 0.572. The van der Waals surface area contributed by atoms with Gasteiger partial charge in [-0.05, 0) is 13.5 Å². The lowest BCUT2D eigenvalue weighted by atomic mass is 10.2. The molecule has 1 atom stereocenters. The third-order valence-electron chi connectivity index (χ3n) is 4.52. The molecule has 0 spiro atoms. The number of likely N-dealkylation sites (N-methyl/N-ethyl adjacent to an activating group) is 1. The molecule has 1 aliphatic heterocycles. The number of nitrogens with zero attached hydrogens (tertiary/aromatic N) is 4. The number of hydrogen-bond acceptors (Lipinski definition) is 5. The monoisotopic (exact) mass is 392 g/mol. The fraction of sp³-hybridized carbons (Fsp3) is 0.750. The van der Waals surface area contributed by atoms with Crippen LogP contribution >= 0.6 is 11.3 Å². The first kappa shape index (κ1) is 20.9. The summed E-state index contributed by atoms with van der Waals surface area (Å²) in [7, 11) is 1.64. The van der Waals surface area contributed by atoms with Gasteiger partial charge in [0.05, 0.1) is 6.54 Å². The number of aromatic nitrogens is 1. The van der Waals surface area contributed by atoms with Gasteiger partial charge in [0.2, 0.25) is 0 Å². The molecule has 6 nitrogen and oxygen atoms in total. The minimum atomic E-state index is -4.40. The second kappa shape index (κ2) is 9.52. The Kier molecular flexibility index (Phi) is 7.66. The van der Waals surface area contributed by atoms with Crippen molar-refractivity contribution in [2.45, 2.75) is 32.6 Å². The predicted octanol–water partition coefficient (Wildman–Crippen LogP) is 1.85. The molecule has 1 aliphatic rings. The molecular weight excluding hydrogens is 365 g/mol. The summed E-state index contributed by atoms with van der Waals surface area (Å²) in [4.78, 5) is 12.6. The van der Waals surface area contributed by atoms with Crippen LogP contribution in [0.15, 0.2) is 10.4 Å². The molecule has 2 heterocycles. The van der Waals surface area contributed by atoms with E-state index < -0.39 is 11.9 Å². The minimum absolute atomic E-state index is 0.212. The lowest BCUT2D eigenvalue weighted by Crippen LogP contribution is -2.53. The summed E-state index contributed by atoms with van der Waals surface area (Å²) in [5.74, 6) is 0.563. The summed E-state index contributed by atoms with van der Waals surface area (Å²) in [6, 6.07) is 0.351. The lowest BCUT2D eigenvalue weighted by Gasteiger charge is -2.37. The molecule has 0 saturated carbocycles. The molecule has 148 valence electrons. The molecule has 2 N–H and O–H groups in total. The zero-order valence-corrected chi connectivity index (χ0v) is 16.3. The SMILES string of the molecule is CCN1CCN(C(C)CNC(=NC)NCc2nc(C(F)(F)F)cs2)CC1. The second-order valence-corrected chi connectivity index (χ2v) is 7.19.